The number of nitrogens with one attached hydrogen (secondary N) is 1. The molecule has 0 saturated heterocycles. The maximum Gasteiger partial charge on any atom is 0.254 e. The first-order chi connectivity index (χ1) is 8.11. The summed E-state index contributed by atoms with van der Waals surface area (Å²) in [6, 6.07) is 0. The van der Waals surface area contributed by atoms with Crippen molar-refractivity contribution in [1.29, 1.82) is 0 Å². The molecule has 5 nitrogen and oxygen atoms in total. The second-order valence-electron chi connectivity index (χ2n) is 4.63. The van der Waals surface area contributed by atoms with Crippen molar-refractivity contribution in [3.63, 3.8) is 0 Å². The predicted molar refractivity (Wildman–Crippen MR) is 63.7 cm³/mol. The van der Waals surface area contributed by atoms with Gasteiger partial charge in [0.05, 0.1) is 17.4 Å². The Morgan fingerprint density at radius 1 is 1.71 bits per heavy atom. The number of aliphatic hydroxyl groups is 1. The standard InChI is InChI=1S/C12H19N3O2/c1-3-10-9(7-15(2)14-10)12(17)13-6-11(16)8-4-5-8/h7-8,11,16H,3-6H2,1-2H3,(H,13,17). The van der Waals surface area contributed by atoms with Crippen LogP contribution in [0.5, 0.6) is 0 Å². The van der Waals surface area contributed by atoms with Crippen LogP contribution in [0.2, 0.25) is 0 Å². The van der Waals surface area contributed by atoms with Crippen LogP contribution in [-0.4, -0.2) is 33.4 Å². The van der Waals surface area contributed by atoms with Crippen molar-refractivity contribution < 1.29 is 9.90 Å². The highest BCUT2D eigenvalue weighted by Gasteiger charge is 2.30. The van der Waals surface area contributed by atoms with Gasteiger partial charge in [0.15, 0.2) is 0 Å². The SMILES string of the molecule is CCc1nn(C)cc1C(=O)NCC(O)C1CC1. The van der Waals surface area contributed by atoms with Gasteiger partial charge in [0.1, 0.15) is 0 Å². The van der Waals surface area contributed by atoms with Gasteiger partial charge in [-0.2, -0.15) is 5.10 Å². The number of rotatable bonds is 5. The maximum absolute atomic E-state index is 11.9. The third-order valence-electron chi connectivity index (χ3n) is 3.12. The van der Waals surface area contributed by atoms with E-state index in [2.05, 4.69) is 10.4 Å². The fourth-order valence-electron chi connectivity index (χ4n) is 1.93. The summed E-state index contributed by atoms with van der Waals surface area (Å²) in [5.41, 5.74) is 1.41. The van der Waals surface area contributed by atoms with E-state index in [4.69, 9.17) is 0 Å². The smallest absolute Gasteiger partial charge is 0.254 e. The third-order valence-corrected chi connectivity index (χ3v) is 3.12. The van der Waals surface area contributed by atoms with Crippen LogP contribution in [0.3, 0.4) is 0 Å². The lowest BCUT2D eigenvalue weighted by atomic mass is 10.2. The molecule has 1 atom stereocenters. The first-order valence-corrected chi connectivity index (χ1v) is 6.10. The fraction of sp³-hybridized carbons (Fsp3) is 0.667. The lowest BCUT2D eigenvalue weighted by Crippen LogP contribution is -2.33. The number of carbonyl (C=O) groups excluding carboxylic acids is 1. The van der Waals surface area contributed by atoms with E-state index >= 15 is 0 Å². The summed E-state index contributed by atoms with van der Waals surface area (Å²) in [4.78, 5) is 11.9. The molecule has 1 aromatic heterocycles. The zero-order valence-corrected chi connectivity index (χ0v) is 10.3. The highest BCUT2D eigenvalue weighted by atomic mass is 16.3. The molecule has 2 rings (SSSR count). The molecule has 1 aromatic rings. The highest BCUT2D eigenvalue weighted by Crippen LogP contribution is 2.32. The number of hydrogen-bond donors (Lipinski definition) is 2. The van der Waals surface area contributed by atoms with Crippen LogP contribution in [0.4, 0.5) is 0 Å². The zero-order valence-electron chi connectivity index (χ0n) is 10.3. The van der Waals surface area contributed by atoms with Crippen molar-refractivity contribution in [3.05, 3.63) is 17.5 Å². The van der Waals surface area contributed by atoms with Crippen molar-refractivity contribution in [2.24, 2.45) is 13.0 Å². The molecule has 0 aromatic carbocycles. The van der Waals surface area contributed by atoms with Crippen LogP contribution in [0.1, 0.15) is 35.8 Å². The third kappa shape index (κ3) is 2.85. The molecule has 1 saturated carbocycles. The van der Waals surface area contributed by atoms with E-state index in [1.165, 1.54) is 0 Å². The summed E-state index contributed by atoms with van der Waals surface area (Å²) in [6.45, 7) is 2.31. The lowest BCUT2D eigenvalue weighted by Gasteiger charge is -2.10. The predicted octanol–water partition coefficient (Wildman–Crippen LogP) is 0.483. The topological polar surface area (TPSA) is 67.2 Å². The second-order valence-corrected chi connectivity index (χ2v) is 4.63. The first-order valence-electron chi connectivity index (χ1n) is 6.10. The zero-order chi connectivity index (χ0) is 12.4. The maximum atomic E-state index is 11.9. The summed E-state index contributed by atoms with van der Waals surface area (Å²) in [5.74, 6) is 0.240. The Labute approximate surface area is 101 Å². The summed E-state index contributed by atoms with van der Waals surface area (Å²) in [6.07, 6.45) is 4.20. The van der Waals surface area contributed by atoms with Crippen molar-refractivity contribution >= 4 is 5.91 Å². The van der Waals surface area contributed by atoms with Crippen molar-refractivity contribution in [1.82, 2.24) is 15.1 Å². The molecule has 94 valence electrons. The van der Waals surface area contributed by atoms with E-state index in [1.54, 1.807) is 17.9 Å². The molecule has 0 spiro atoms. The van der Waals surface area contributed by atoms with E-state index < -0.39 is 6.10 Å². The van der Waals surface area contributed by atoms with Crippen LogP contribution in [0.15, 0.2) is 6.20 Å². The minimum atomic E-state index is -0.402. The van der Waals surface area contributed by atoms with Crippen molar-refractivity contribution in [2.75, 3.05) is 6.54 Å². The molecule has 1 aliphatic rings. The molecular formula is C12H19N3O2. The van der Waals surface area contributed by atoms with Gasteiger partial charge in [0, 0.05) is 19.8 Å². The molecule has 17 heavy (non-hydrogen) atoms. The Morgan fingerprint density at radius 2 is 2.41 bits per heavy atom. The van der Waals surface area contributed by atoms with E-state index in [1.807, 2.05) is 6.92 Å². The van der Waals surface area contributed by atoms with Gasteiger partial charge in [0.25, 0.3) is 5.91 Å². The Hall–Kier alpha value is -1.36. The number of amides is 1. The quantitative estimate of drug-likeness (QED) is 0.783. The van der Waals surface area contributed by atoms with E-state index in [-0.39, 0.29) is 5.91 Å². The lowest BCUT2D eigenvalue weighted by molar-refractivity contribution is 0.0900. The second kappa shape index (κ2) is 4.87. The molecule has 1 aliphatic carbocycles. The van der Waals surface area contributed by atoms with Gasteiger partial charge in [-0.3, -0.25) is 9.48 Å². The molecule has 1 heterocycles. The van der Waals surface area contributed by atoms with Crippen LogP contribution < -0.4 is 5.32 Å². The average Bonchev–Trinajstić information content (AvgIpc) is 3.09. The Kier molecular flexibility index (Phi) is 3.47. The monoisotopic (exact) mass is 237 g/mol. The van der Waals surface area contributed by atoms with Gasteiger partial charge in [-0.05, 0) is 25.2 Å². The number of aryl methyl sites for hydroxylation is 2. The molecule has 5 heteroatoms. The minimum Gasteiger partial charge on any atom is -0.391 e. The van der Waals surface area contributed by atoms with Crippen LogP contribution in [0.25, 0.3) is 0 Å². The van der Waals surface area contributed by atoms with Gasteiger partial charge >= 0.3 is 0 Å². The average molecular weight is 237 g/mol. The molecule has 0 radical (unpaired) electrons. The molecule has 0 bridgehead atoms. The highest BCUT2D eigenvalue weighted by molar-refractivity contribution is 5.95. The summed E-state index contributed by atoms with van der Waals surface area (Å²) < 4.78 is 1.64. The summed E-state index contributed by atoms with van der Waals surface area (Å²) in [5, 5.41) is 16.7. The fourth-order valence-corrected chi connectivity index (χ4v) is 1.93. The molecular weight excluding hydrogens is 218 g/mol. The van der Waals surface area contributed by atoms with Crippen LogP contribution in [-0.2, 0) is 13.5 Å². The van der Waals surface area contributed by atoms with Crippen molar-refractivity contribution in [3.8, 4) is 0 Å². The van der Waals surface area contributed by atoms with Gasteiger partial charge in [-0.1, -0.05) is 6.92 Å². The van der Waals surface area contributed by atoms with Crippen molar-refractivity contribution in [2.45, 2.75) is 32.3 Å². The van der Waals surface area contributed by atoms with Gasteiger partial charge in [0.2, 0.25) is 0 Å². The Bertz CT molecular complexity index is 410. The molecule has 0 aliphatic heterocycles. The Morgan fingerprint density at radius 3 is 3.00 bits per heavy atom. The minimum absolute atomic E-state index is 0.144. The first kappa shape index (κ1) is 12.1. The van der Waals surface area contributed by atoms with Crippen LogP contribution >= 0.6 is 0 Å². The number of aromatic nitrogens is 2. The number of aliphatic hydroxyl groups excluding tert-OH is 1. The largest absolute Gasteiger partial charge is 0.391 e. The molecule has 1 amide bonds. The van der Waals surface area contributed by atoms with Gasteiger partial charge in [-0.15, -0.1) is 0 Å². The van der Waals surface area contributed by atoms with E-state index in [9.17, 15) is 9.90 Å². The number of hydrogen-bond acceptors (Lipinski definition) is 3. The van der Waals surface area contributed by atoms with E-state index in [0.29, 0.717) is 18.0 Å². The molecule has 1 unspecified atom stereocenters. The summed E-state index contributed by atoms with van der Waals surface area (Å²) >= 11 is 0. The summed E-state index contributed by atoms with van der Waals surface area (Å²) in [7, 11) is 1.80. The number of nitrogens with zero attached hydrogens (tertiary/aromatic N) is 2. The van der Waals surface area contributed by atoms with Crippen LogP contribution in [0, 0.1) is 5.92 Å². The normalized spacial score (nSPS) is 16.9. The number of carbonyl (C=O) groups is 1. The van der Waals surface area contributed by atoms with E-state index in [0.717, 1.165) is 25.0 Å². The molecule has 2 N–H and O–H groups in total. The van der Waals surface area contributed by atoms with Gasteiger partial charge < -0.3 is 10.4 Å². The molecule has 1 fully saturated rings. The van der Waals surface area contributed by atoms with Gasteiger partial charge in [-0.25, -0.2) is 0 Å². The Balaban J connectivity index is 1.93.